The van der Waals surface area contributed by atoms with Gasteiger partial charge < -0.3 is 19.9 Å². The fourth-order valence-corrected chi connectivity index (χ4v) is 6.80. The van der Waals surface area contributed by atoms with E-state index in [4.69, 9.17) is 4.74 Å². The molecule has 0 bridgehead atoms. The number of benzene rings is 3. The van der Waals surface area contributed by atoms with Crippen LogP contribution in [0.25, 0.3) is 10.8 Å². The SMILES string of the molecule is CC1CN(C(=O)NC(Cc2ccc3ccccc3c2)C(=O)N2CCCC(Cc3ccccc3)C2)CC(C)N1C(=O)OC(C)(C)C. The number of carbonyl (C=O) groups excluding carboxylic acids is 3. The van der Waals surface area contributed by atoms with Crippen molar-refractivity contribution in [2.75, 3.05) is 26.2 Å². The molecule has 45 heavy (non-hydrogen) atoms. The number of nitrogens with zero attached hydrogens (tertiary/aromatic N) is 3. The molecule has 240 valence electrons. The van der Waals surface area contributed by atoms with Crippen LogP contribution in [-0.2, 0) is 22.4 Å². The molecule has 0 aliphatic carbocycles. The molecular weight excluding hydrogens is 564 g/mol. The Morgan fingerprint density at radius 2 is 1.51 bits per heavy atom. The van der Waals surface area contributed by atoms with Crippen molar-refractivity contribution in [1.82, 2.24) is 20.0 Å². The van der Waals surface area contributed by atoms with Crippen LogP contribution < -0.4 is 5.32 Å². The van der Waals surface area contributed by atoms with Crippen molar-refractivity contribution in [3.63, 3.8) is 0 Å². The highest BCUT2D eigenvalue weighted by Crippen LogP contribution is 2.24. The van der Waals surface area contributed by atoms with Gasteiger partial charge in [-0.05, 0) is 81.7 Å². The van der Waals surface area contributed by atoms with Gasteiger partial charge in [0, 0.05) is 32.6 Å². The third kappa shape index (κ3) is 8.35. The summed E-state index contributed by atoms with van der Waals surface area (Å²) in [5.41, 5.74) is 1.68. The molecule has 3 aromatic rings. The summed E-state index contributed by atoms with van der Waals surface area (Å²) in [6.07, 6.45) is 2.99. The molecule has 2 heterocycles. The molecule has 1 N–H and O–H groups in total. The molecule has 3 aromatic carbocycles. The van der Waals surface area contributed by atoms with E-state index < -0.39 is 11.6 Å². The number of hydrogen-bond acceptors (Lipinski definition) is 4. The Hall–Kier alpha value is -4.07. The van der Waals surface area contributed by atoms with E-state index in [0.717, 1.165) is 35.6 Å². The molecule has 0 saturated carbocycles. The second-order valence-electron chi connectivity index (χ2n) is 13.9. The number of amides is 4. The minimum absolute atomic E-state index is 0.0391. The van der Waals surface area contributed by atoms with Crippen molar-refractivity contribution < 1.29 is 19.1 Å². The Balaban J connectivity index is 1.31. The van der Waals surface area contributed by atoms with Crippen LogP contribution in [0.15, 0.2) is 72.8 Å². The van der Waals surface area contributed by atoms with Gasteiger partial charge in [0.25, 0.3) is 0 Å². The molecular formula is C37H48N4O4. The minimum Gasteiger partial charge on any atom is -0.444 e. The number of rotatable bonds is 6. The Labute approximate surface area is 267 Å². The maximum Gasteiger partial charge on any atom is 0.410 e. The maximum absolute atomic E-state index is 14.2. The Kier molecular flexibility index (Phi) is 10.0. The molecule has 0 radical (unpaired) electrons. The molecule has 4 unspecified atom stereocenters. The van der Waals surface area contributed by atoms with Crippen LogP contribution in [0.5, 0.6) is 0 Å². The smallest absolute Gasteiger partial charge is 0.410 e. The Morgan fingerprint density at radius 3 is 2.20 bits per heavy atom. The number of carbonyl (C=O) groups is 3. The van der Waals surface area contributed by atoms with Gasteiger partial charge in [-0.2, -0.15) is 0 Å². The first kappa shape index (κ1) is 32.3. The molecule has 0 aromatic heterocycles. The predicted octanol–water partition coefficient (Wildman–Crippen LogP) is 6.27. The molecule has 2 fully saturated rings. The van der Waals surface area contributed by atoms with Crippen molar-refractivity contribution in [1.29, 1.82) is 0 Å². The first-order valence-electron chi connectivity index (χ1n) is 16.3. The van der Waals surface area contributed by atoms with E-state index in [1.807, 2.05) is 63.8 Å². The van der Waals surface area contributed by atoms with Crippen LogP contribution in [0.2, 0.25) is 0 Å². The first-order chi connectivity index (χ1) is 21.5. The second kappa shape index (κ2) is 13.9. The average Bonchev–Trinajstić information content (AvgIpc) is 2.99. The summed E-state index contributed by atoms with van der Waals surface area (Å²) in [5.74, 6) is 0.340. The molecule has 4 atom stereocenters. The summed E-state index contributed by atoms with van der Waals surface area (Å²) in [5, 5.41) is 5.37. The molecule has 0 spiro atoms. The summed E-state index contributed by atoms with van der Waals surface area (Å²) >= 11 is 0. The van der Waals surface area contributed by atoms with Gasteiger partial charge in [-0.15, -0.1) is 0 Å². The Morgan fingerprint density at radius 1 is 0.844 bits per heavy atom. The first-order valence-corrected chi connectivity index (χ1v) is 16.3. The highest BCUT2D eigenvalue weighted by Gasteiger charge is 2.38. The third-order valence-electron chi connectivity index (χ3n) is 8.86. The number of ether oxygens (including phenoxy) is 1. The van der Waals surface area contributed by atoms with Crippen LogP contribution >= 0.6 is 0 Å². The van der Waals surface area contributed by atoms with Gasteiger partial charge in [0.15, 0.2) is 0 Å². The summed E-state index contributed by atoms with van der Waals surface area (Å²) in [7, 11) is 0. The predicted molar refractivity (Wildman–Crippen MR) is 178 cm³/mol. The largest absolute Gasteiger partial charge is 0.444 e. The number of nitrogens with one attached hydrogen (secondary N) is 1. The van der Waals surface area contributed by atoms with Gasteiger partial charge in [0.2, 0.25) is 5.91 Å². The standard InChI is InChI=1S/C37H48N4O4/c1-26-23-40(24-27(2)41(26)36(44)45-37(3,4)5)35(43)38-33(22-29-17-18-31-15-9-10-16-32(31)21-29)34(42)39-19-11-14-30(25-39)20-28-12-7-6-8-13-28/h6-10,12-13,15-18,21,26-27,30,33H,11,14,19-20,22-25H2,1-5H3,(H,38,43). The van der Waals surface area contributed by atoms with E-state index in [0.29, 0.717) is 38.5 Å². The number of hydrogen-bond donors (Lipinski definition) is 1. The fraction of sp³-hybridized carbons (Fsp3) is 0.486. The van der Waals surface area contributed by atoms with E-state index in [-0.39, 0.29) is 30.1 Å². The van der Waals surface area contributed by atoms with Crippen LogP contribution in [0.1, 0.15) is 58.6 Å². The van der Waals surface area contributed by atoms with Gasteiger partial charge in [0.1, 0.15) is 11.6 Å². The van der Waals surface area contributed by atoms with Gasteiger partial charge in [0.05, 0.1) is 12.1 Å². The summed E-state index contributed by atoms with van der Waals surface area (Å²) in [6.45, 7) is 11.5. The van der Waals surface area contributed by atoms with E-state index in [1.54, 1.807) is 9.80 Å². The zero-order chi connectivity index (χ0) is 32.1. The summed E-state index contributed by atoms with van der Waals surface area (Å²) < 4.78 is 5.64. The second-order valence-corrected chi connectivity index (χ2v) is 13.9. The lowest BCUT2D eigenvalue weighted by molar-refractivity contribution is -0.135. The molecule has 2 aliphatic heterocycles. The molecule has 2 saturated heterocycles. The number of fused-ring (bicyclic) bond motifs is 1. The van der Waals surface area contributed by atoms with Gasteiger partial charge in [-0.3, -0.25) is 9.69 Å². The van der Waals surface area contributed by atoms with E-state index in [2.05, 4.69) is 53.8 Å². The Bertz CT molecular complexity index is 1470. The lowest BCUT2D eigenvalue weighted by atomic mass is 9.90. The minimum atomic E-state index is -0.705. The number of piperazine rings is 1. The van der Waals surface area contributed by atoms with Crippen molar-refractivity contribution in [3.8, 4) is 0 Å². The number of urea groups is 1. The average molecular weight is 613 g/mol. The highest BCUT2D eigenvalue weighted by molar-refractivity contribution is 5.88. The zero-order valence-corrected chi connectivity index (χ0v) is 27.4. The van der Waals surface area contributed by atoms with E-state index in [9.17, 15) is 14.4 Å². The van der Waals surface area contributed by atoms with Crippen molar-refractivity contribution in [2.24, 2.45) is 5.92 Å². The van der Waals surface area contributed by atoms with Crippen molar-refractivity contribution in [3.05, 3.63) is 83.9 Å². The topological polar surface area (TPSA) is 82.2 Å². The molecule has 8 heteroatoms. The van der Waals surface area contributed by atoms with Gasteiger partial charge >= 0.3 is 12.1 Å². The van der Waals surface area contributed by atoms with Crippen LogP contribution in [0.4, 0.5) is 9.59 Å². The summed E-state index contributed by atoms with van der Waals surface area (Å²) in [4.78, 5) is 46.3. The zero-order valence-electron chi connectivity index (χ0n) is 27.4. The molecule has 2 aliphatic rings. The van der Waals surface area contributed by atoms with Crippen LogP contribution in [0, 0.1) is 5.92 Å². The van der Waals surface area contributed by atoms with E-state index >= 15 is 0 Å². The molecule has 5 rings (SSSR count). The number of likely N-dealkylation sites (tertiary alicyclic amines) is 1. The molecule has 4 amide bonds. The molecule has 8 nitrogen and oxygen atoms in total. The lowest BCUT2D eigenvalue weighted by Crippen LogP contribution is -2.63. The maximum atomic E-state index is 14.2. The normalized spacial score (nSPS) is 21.4. The number of piperidine rings is 1. The lowest BCUT2D eigenvalue weighted by Gasteiger charge is -2.44. The van der Waals surface area contributed by atoms with E-state index in [1.165, 1.54) is 5.56 Å². The quantitative estimate of drug-likeness (QED) is 0.356. The van der Waals surface area contributed by atoms with Crippen molar-refractivity contribution >= 4 is 28.8 Å². The fourth-order valence-electron chi connectivity index (χ4n) is 6.80. The highest BCUT2D eigenvalue weighted by atomic mass is 16.6. The van der Waals surface area contributed by atoms with Gasteiger partial charge in [-0.1, -0.05) is 72.8 Å². The monoisotopic (exact) mass is 612 g/mol. The van der Waals surface area contributed by atoms with Crippen LogP contribution in [-0.4, -0.2) is 82.6 Å². The van der Waals surface area contributed by atoms with Crippen molar-refractivity contribution in [2.45, 2.75) is 84.0 Å². The van der Waals surface area contributed by atoms with Gasteiger partial charge in [-0.25, -0.2) is 9.59 Å². The van der Waals surface area contributed by atoms with Crippen LogP contribution in [0.3, 0.4) is 0 Å². The third-order valence-corrected chi connectivity index (χ3v) is 8.86. The summed E-state index contributed by atoms with van der Waals surface area (Å²) in [6, 6.07) is 23.4.